The number of rotatable bonds is 3. The first-order valence-corrected chi connectivity index (χ1v) is 7.43. The van der Waals surface area contributed by atoms with Crippen molar-refractivity contribution in [3.05, 3.63) is 17.8 Å². The highest BCUT2D eigenvalue weighted by molar-refractivity contribution is 7.17. The van der Waals surface area contributed by atoms with Gasteiger partial charge in [0.15, 0.2) is 0 Å². The van der Waals surface area contributed by atoms with Crippen molar-refractivity contribution in [2.24, 2.45) is 0 Å². The second kappa shape index (κ2) is 5.40. The van der Waals surface area contributed by atoms with E-state index in [-0.39, 0.29) is 0 Å². The molecule has 1 aliphatic rings. The number of likely N-dealkylation sites (N-methyl/N-ethyl adjacent to an activating group) is 2. The third-order valence-corrected chi connectivity index (χ3v) is 4.64. The Labute approximate surface area is 117 Å². The second-order valence-corrected chi connectivity index (χ2v) is 6.05. The highest BCUT2D eigenvalue weighted by atomic mass is 32.1. The molecule has 1 atom stereocenters. The molecule has 102 valence electrons. The van der Waals surface area contributed by atoms with Crippen molar-refractivity contribution in [2.75, 3.05) is 45.6 Å². The molecule has 0 aromatic carbocycles. The smallest absolute Gasteiger partial charge is 0.147 e. The van der Waals surface area contributed by atoms with Gasteiger partial charge in [-0.3, -0.25) is 4.90 Å². The van der Waals surface area contributed by atoms with E-state index in [1.54, 1.807) is 17.7 Å². The maximum absolute atomic E-state index is 4.36. The summed E-state index contributed by atoms with van der Waals surface area (Å²) < 4.78 is 1.15. The lowest BCUT2D eigenvalue weighted by Crippen LogP contribution is -2.52. The first-order valence-electron chi connectivity index (χ1n) is 6.55. The van der Waals surface area contributed by atoms with E-state index < -0.39 is 0 Å². The highest BCUT2D eigenvalue weighted by Gasteiger charge is 2.22. The molecule has 6 heteroatoms. The molecule has 0 spiro atoms. The van der Waals surface area contributed by atoms with Crippen molar-refractivity contribution in [1.29, 1.82) is 0 Å². The van der Waals surface area contributed by atoms with Crippen molar-refractivity contribution in [2.45, 2.75) is 6.04 Å². The minimum absolute atomic E-state index is 0.531. The molecule has 1 N–H and O–H groups in total. The van der Waals surface area contributed by atoms with Crippen LogP contribution in [0.4, 0.5) is 5.82 Å². The lowest BCUT2D eigenvalue weighted by atomic mass is 10.2. The number of nitrogens with one attached hydrogen (secondary N) is 1. The van der Waals surface area contributed by atoms with Crippen LogP contribution in [0.25, 0.3) is 10.2 Å². The summed E-state index contributed by atoms with van der Waals surface area (Å²) in [4.78, 5) is 13.4. The SMILES string of the molecule is CN1CCN(C)C(CNc2ncnc3ccsc23)C1. The minimum Gasteiger partial charge on any atom is -0.367 e. The molecule has 1 fully saturated rings. The Morgan fingerprint density at radius 3 is 3.16 bits per heavy atom. The van der Waals surface area contributed by atoms with Crippen LogP contribution in [0, 0.1) is 0 Å². The number of hydrogen-bond acceptors (Lipinski definition) is 6. The van der Waals surface area contributed by atoms with Gasteiger partial charge in [-0.1, -0.05) is 0 Å². The summed E-state index contributed by atoms with van der Waals surface area (Å²) >= 11 is 1.69. The number of fused-ring (bicyclic) bond motifs is 1. The van der Waals surface area contributed by atoms with Gasteiger partial charge in [0, 0.05) is 32.2 Å². The van der Waals surface area contributed by atoms with Crippen molar-refractivity contribution >= 4 is 27.4 Å². The van der Waals surface area contributed by atoms with Crippen LogP contribution in [-0.4, -0.2) is 66.1 Å². The van der Waals surface area contributed by atoms with E-state index >= 15 is 0 Å². The first-order chi connectivity index (χ1) is 9.24. The van der Waals surface area contributed by atoms with Gasteiger partial charge in [0.25, 0.3) is 0 Å². The lowest BCUT2D eigenvalue weighted by Gasteiger charge is -2.37. The fraction of sp³-hybridized carbons (Fsp3) is 0.538. The average molecular weight is 277 g/mol. The van der Waals surface area contributed by atoms with Crippen LogP contribution in [0.2, 0.25) is 0 Å². The molecular weight excluding hydrogens is 258 g/mol. The van der Waals surface area contributed by atoms with Crippen molar-refractivity contribution in [3.63, 3.8) is 0 Å². The molecule has 0 radical (unpaired) electrons. The molecule has 2 aromatic rings. The fourth-order valence-corrected chi connectivity index (χ4v) is 3.26. The predicted octanol–water partition coefficient (Wildman–Crippen LogP) is 1.35. The van der Waals surface area contributed by atoms with Gasteiger partial charge >= 0.3 is 0 Å². The summed E-state index contributed by atoms with van der Waals surface area (Å²) in [6.07, 6.45) is 1.63. The van der Waals surface area contributed by atoms with E-state index in [1.165, 1.54) is 0 Å². The maximum atomic E-state index is 4.36. The number of piperazine rings is 1. The zero-order valence-electron chi connectivity index (χ0n) is 11.3. The molecule has 3 heterocycles. The molecule has 1 aliphatic heterocycles. The zero-order valence-corrected chi connectivity index (χ0v) is 12.2. The molecule has 1 saturated heterocycles. The Balaban J connectivity index is 1.70. The Bertz CT molecular complexity index is 555. The quantitative estimate of drug-likeness (QED) is 0.917. The van der Waals surface area contributed by atoms with E-state index in [0.717, 1.165) is 42.2 Å². The molecule has 1 unspecified atom stereocenters. The number of thiophene rings is 1. The lowest BCUT2D eigenvalue weighted by molar-refractivity contribution is 0.122. The van der Waals surface area contributed by atoms with Gasteiger partial charge in [0.1, 0.15) is 12.1 Å². The fourth-order valence-electron chi connectivity index (χ4n) is 2.45. The van der Waals surface area contributed by atoms with Crippen LogP contribution in [0.1, 0.15) is 0 Å². The van der Waals surface area contributed by atoms with Gasteiger partial charge in [-0.05, 0) is 25.5 Å². The summed E-state index contributed by atoms with van der Waals surface area (Å²) in [5.41, 5.74) is 1.02. The number of nitrogens with zero attached hydrogens (tertiary/aromatic N) is 4. The number of anilines is 1. The number of hydrogen-bond donors (Lipinski definition) is 1. The van der Waals surface area contributed by atoms with Gasteiger partial charge in [-0.15, -0.1) is 11.3 Å². The third-order valence-electron chi connectivity index (χ3n) is 3.73. The standard InChI is InChI=1S/C13H19N5S/c1-17-4-5-18(2)10(8-17)7-14-13-12-11(3-6-19-12)15-9-16-13/h3,6,9-10H,4-5,7-8H2,1-2H3,(H,14,15,16). The maximum Gasteiger partial charge on any atom is 0.147 e. The molecule has 19 heavy (non-hydrogen) atoms. The van der Waals surface area contributed by atoms with E-state index in [9.17, 15) is 0 Å². The molecule has 3 rings (SSSR count). The van der Waals surface area contributed by atoms with Crippen LogP contribution in [0.5, 0.6) is 0 Å². The van der Waals surface area contributed by atoms with E-state index in [0.29, 0.717) is 6.04 Å². The van der Waals surface area contributed by atoms with Gasteiger partial charge in [0.2, 0.25) is 0 Å². The Morgan fingerprint density at radius 1 is 1.37 bits per heavy atom. The number of aromatic nitrogens is 2. The van der Waals surface area contributed by atoms with Gasteiger partial charge < -0.3 is 10.2 Å². The molecule has 0 bridgehead atoms. The third kappa shape index (κ3) is 2.70. The molecule has 2 aromatic heterocycles. The summed E-state index contributed by atoms with van der Waals surface area (Å²) in [6.45, 7) is 4.30. The van der Waals surface area contributed by atoms with Crippen LogP contribution in [0.3, 0.4) is 0 Å². The first kappa shape index (κ1) is 12.8. The van der Waals surface area contributed by atoms with E-state index in [1.807, 2.05) is 6.07 Å². The summed E-state index contributed by atoms with van der Waals surface area (Å²) in [5, 5.41) is 5.55. The van der Waals surface area contributed by atoms with E-state index in [4.69, 9.17) is 0 Å². The molecule has 0 amide bonds. The van der Waals surface area contributed by atoms with Gasteiger partial charge in [0.05, 0.1) is 10.2 Å². The summed E-state index contributed by atoms with van der Waals surface area (Å²) in [6, 6.07) is 2.57. The summed E-state index contributed by atoms with van der Waals surface area (Å²) in [5.74, 6) is 0.960. The predicted molar refractivity (Wildman–Crippen MR) is 79.8 cm³/mol. The van der Waals surface area contributed by atoms with Crippen molar-refractivity contribution in [1.82, 2.24) is 19.8 Å². The average Bonchev–Trinajstić information content (AvgIpc) is 2.88. The zero-order chi connectivity index (χ0) is 13.2. The van der Waals surface area contributed by atoms with Crippen LogP contribution >= 0.6 is 11.3 Å². The van der Waals surface area contributed by atoms with E-state index in [2.05, 4.69) is 44.6 Å². The largest absolute Gasteiger partial charge is 0.367 e. The molecule has 5 nitrogen and oxygen atoms in total. The van der Waals surface area contributed by atoms with Crippen LogP contribution in [0.15, 0.2) is 17.8 Å². The molecule has 0 aliphatic carbocycles. The topological polar surface area (TPSA) is 44.3 Å². The van der Waals surface area contributed by atoms with Crippen molar-refractivity contribution in [3.8, 4) is 0 Å². The second-order valence-electron chi connectivity index (χ2n) is 5.13. The van der Waals surface area contributed by atoms with Gasteiger partial charge in [-0.2, -0.15) is 0 Å². The normalized spacial score (nSPS) is 21.9. The minimum atomic E-state index is 0.531. The monoisotopic (exact) mass is 277 g/mol. The Kier molecular flexibility index (Phi) is 3.63. The molecule has 0 saturated carbocycles. The van der Waals surface area contributed by atoms with Crippen molar-refractivity contribution < 1.29 is 0 Å². The Hall–Kier alpha value is -1.24. The molecular formula is C13H19N5S. The Morgan fingerprint density at radius 2 is 2.26 bits per heavy atom. The summed E-state index contributed by atoms with van der Waals surface area (Å²) in [7, 11) is 4.38. The highest BCUT2D eigenvalue weighted by Crippen LogP contribution is 2.24. The van der Waals surface area contributed by atoms with Gasteiger partial charge in [-0.25, -0.2) is 9.97 Å². The van der Waals surface area contributed by atoms with Crippen LogP contribution < -0.4 is 5.32 Å². The van der Waals surface area contributed by atoms with Crippen LogP contribution in [-0.2, 0) is 0 Å².